The van der Waals surface area contributed by atoms with Crippen molar-refractivity contribution in [2.24, 2.45) is 9.98 Å². The van der Waals surface area contributed by atoms with E-state index in [2.05, 4.69) is 133 Å². The average Bonchev–Trinajstić information content (AvgIpc) is 3.78. The number of hydrogen-bond acceptors (Lipinski definition) is 5. The van der Waals surface area contributed by atoms with Crippen LogP contribution in [0.15, 0.2) is 183 Å². The van der Waals surface area contributed by atoms with Gasteiger partial charge in [0.25, 0.3) is 0 Å². The minimum Gasteiger partial charge on any atom is -0.456 e. The Morgan fingerprint density at radius 2 is 1.04 bits per heavy atom. The third kappa shape index (κ3) is 4.56. The Hall–Kier alpha value is -6.98. The predicted octanol–water partition coefficient (Wildman–Crippen LogP) is 12.0. The predicted molar refractivity (Wildman–Crippen MR) is 213 cm³/mol. The lowest BCUT2D eigenvalue weighted by molar-refractivity contribution is 0.662. The van der Waals surface area contributed by atoms with Crippen LogP contribution in [0.25, 0.3) is 76.5 Å². The Morgan fingerprint density at radius 3 is 1.87 bits per heavy atom. The highest BCUT2D eigenvalue weighted by Crippen LogP contribution is 2.38. The van der Waals surface area contributed by atoms with Gasteiger partial charge in [0.15, 0.2) is 5.84 Å². The standard InChI is InChI=1S/C47H29N3O2/c1-3-11-30-25-32(21-19-28(30)9-1)33-23-24-36-42(27-33)52-41-18-8-15-38(44(36)41)47-49-45(34-22-20-29-10-2-4-12-31(29)26-34)48-46(50-47)37-14-7-17-40-43(37)35-13-5-6-16-39(35)51-40/h1-27,46H,(H,48,49,50). The van der Waals surface area contributed by atoms with Gasteiger partial charge in [-0.05, 0) is 75.1 Å². The second kappa shape index (κ2) is 11.3. The van der Waals surface area contributed by atoms with Crippen LogP contribution >= 0.6 is 0 Å². The number of para-hydroxylation sites is 1. The van der Waals surface area contributed by atoms with Gasteiger partial charge in [0.2, 0.25) is 0 Å². The summed E-state index contributed by atoms with van der Waals surface area (Å²) in [7, 11) is 0. The number of hydrogen-bond donors (Lipinski definition) is 1. The average molecular weight is 668 g/mol. The van der Waals surface area contributed by atoms with Crippen molar-refractivity contribution in [1.29, 1.82) is 0 Å². The van der Waals surface area contributed by atoms with Gasteiger partial charge in [-0.15, -0.1) is 0 Å². The lowest BCUT2D eigenvalue weighted by Gasteiger charge is -2.24. The number of nitrogens with zero attached hydrogens (tertiary/aromatic N) is 2. The van der Waals surface area contributed by atoms with Crippen molar-refractivity contribution in [3.63, 3.8) is 0 Å². The van der Waals surface area contributed by atoms with Gasteiger partial charge in [-0.3, -0.25) is 0 Å². The third-order valence-electron chi connectivity index (χ3n) is 10.3. The van der Waals surface area contributed by atoms with Crippen molar-refractivity contribution in [2.75, 3.05) is 0 Å². The summed E-state index contributed by atoms with van der Waals surface area (Å²) in [6, 6.07) is 56.9. The fourth-order valence-corrected chi connectivity index (χ4v) is 7.80. The lowest BCUT2D eigenvalue weighted by atomic mass is 9.99. The second-order valence-electron chi connectivity index (χ2n) is 13.4. The molecule has 8 aromatic carbocycles. The minimum atomic E-state index is -0.424. The molecule has 0 bridgehead atoms. The van der Waals surface area contributed by atoms with Crippen LogP contribution in [0.3, 0.4) is 0 Å². The van der Waals surface area contributed by atoms with E-state index in [1.165, 1.54) is 16.2 Å². The van der Waals surface area contributed by atoms with Crippen LogP contribution in [-0.4, -0.2) is 11.7 Å². The first kappa shape index (κ1) is 28.8. The van der Waals surface area contributed by atoms with Gasteiger partial charge < -0.3 is 14.2 Å². The highest BCUT2D eigenvalue weighted by atomic mass is 16.3. The Bertz CT molecular complexity index is 3130. The summed E-state index contributed by atoms with van der Waals surface area (Å²) in [6.45, 7) is 0. The summed E-state index contributed by atoms with van der Waals surface area (Å²) < 4.78 is 12.9. The number of fused-ring (bicyclic) bond motifs is 8. The largest absolute Gasteiger partial charge is 0.456 e. The monoisotopic (exact) mass is 667 g/mol. The van der Waals surface area contributed by atoms with Crippen LogP contribution in [0, 0.1) is 0 Å². The molecule has 52 heavy (non-hydrogen) atoms. The minimum absolute atomic E-state index is 0.424. The van der Waals surface area contributed by atoms with Crippen LogP contribution in [0.2, 0.25) is 0 Å². The molecular weight excluding hydrogens is 639 g/mol. The molecule has 11 rings (SSSR count). The summed E-state index contributed by atoms with van der Waals surface area (Å²) >= 11 is 0. The maximum atomic E-state index is 6.57. The molecule has 0 spiro atoms. The van der Waals surface area contributed by atoms with Crippen molar-refractivity contribution in [3.8, 4) is 11.1 Å². The number of benzene rings is 8. The van der Waals surface area contributed by atoms with Crippen LogP contribution in [-0.2, 0) is 0 Å². The highest BCUT2D eigenvalue weighted by molar-refractivity contribution is 6.22. The Morgan fingerprint density at radius 1 is 0.442 bits per heavy atom. The fourth-order valence-electron chi connectivity index (χ4n) is 7.80. The molecule has 0 fully saturated rings. The quantitative estimate of drug-likeness (QED) is 0.203. The Labute approximate surface area is 298 Å². The van der Waals surface area contributed by atoms with E-state index in [4.69, 9.17) is 18.8 Å². The van der Waals surface area contributed by atoms with Gasteiger partial charge in [-0.2, -0.15) is 0 Å². The SMILES string of the molecule is c1ccc2cc(C3=NC(c4cccc5oc6cc(-c7ccc8ccccc8c7)ccc6c45)=NC(c4cccc5oc6ccccc6c45)N3)ccc2c1. The van der Waals surface area contributed by atoms with Crippen LogP contribution in [0.4, 0.5) is 0 Å². The molecule has 0 aliphatic carbocycles. The molecule has 1 N–H and O–H groups in total. The molecule has 1 atom stereocenters. The number of aliphatic imine (C=N–C) groups is 2. The summed E-state index contributed by atoms with van der Waals surface area (Å²) in [5.41, 5.74) is 8.50. The molecule has 1 unspecified atom stereocenters. The number of amidine groups is 2. The van der Waals surface area contributed by atoms with Gasteiger partial charge in [0.1, 0.15) is 34.3 Å². The normalized spacial score (nSPS) is 14.7. The Kier molecular flexibility index (Phi) is 6.25. The zero-order valence-corrected chi connectivity index (χ0v) is 27.9. The van der Waals surface area contributed by atoms with E-state index in [0.717, 1.165) is 82.9 Å². The van der Waals surface area contributed by atoms with Crippen LogP contribution < -0.4 is 5.32 Å². The first-order valence-corrected chi connectivity index (χ1v) is 17.5. The first-order valence-electron chi connectivity index (χ1n) is 17.5. The molecule has 5 heteroatoms. The van der Waals surface area contributed by atoms with E-state index in [0.29, 0.717) is 5.84 Å². The van der Waals surface area contributed by atoms with Crippen molar-refractivity contribution in [3.05, 3.63) is 180 Å². The van der Waals surface area contributed by atoms with Crippen molar-refractivity contribution in [2.45, 2.75) is 6.17 Å². The summed E-state index contributed by atoms with van der Waals surface area (Å²) in [6.07, 6.45) is -0.424. The topological polar surface area (TPSA) is 63.0 Å². The molecule has 0 saturated carbocycles. The van der Waals surface area contributed by atoms with E-state index >= 15 is 0 Å². The van der Waals surface area contributed by atoms with Gasteiger partial charge in [-0.25, -0.2) is 9.98 Å². The van der Waals surface area contributed by atoms with E-state index in [1.807, 2.05) is 36.4 Å². The van der Waals surface area contributed by atoms with E-state index in [1.54, 1.807) is 0 Å². The van der Waals surface area contributed by atoms with Gasteiger partial charge >= 0.3 is 0 Å². The molecule has 10 aromatic rings. The molecule has 1 aliphatic rings. The van der Waals surface area contributed by atoms with Gasteiger partial charge in [0, 0.05) is 38.2 Å². The van der Waals surface area contributed by atoms with Crippen LogP contribution in [0.1, 0.15) is 22.9 Å². The molecule has 244 valence electrons. The highest BCUT2D eigenvalue weighted by Gasteiger charge is 2.26. The maximum absolute atomic E-state index is 6.57. The molecule has 1 aliphatic heterocycles. The van der Waals surface area contributed by atoms with Crippen molar-refractivity contribution in [1.82, 2.24) is 5.32 Å². The van der Waals surface area contributed by atoms with Crippen LogP contribution in [0.5, 0.6) is 0 Å². The molecule has 5 nitrogen and oxygen atoms in total. The molecule has 0 saturated heterocycles. The van der Waals surface area contributed by atoms with E-state index in [-0.39, 0.29) is 0 Å². The lowest BCUT2D eigenvalue weighted by Crippen LogP contribution is -2.33. The first-order chi connectivity index (χ1) is 25.7. The number of furan rings is 2. The fraction of sp³-hybridized carbons (Fsp3) is 0.0213. The van der Waals surface area contributed by atoms with Crippen molar-refractivity contribution < 1.29 is 8.83 Å². The molecular formula is C47H29N3O2. The summed E-state index contributed by atoms with van der Waals surface area (Å²) in [5, 5.41) is 12.6. The van der Waals surface area contributed by atoms with Crippen molar-refractivity contribution >= 4 is 77.1 Å². The molecule has 0 amide bonds. The summed E-state index contributed by atoms with van der Waals surface area (Å²) in [4.78, 5) is 10.6. The zero-order chi connectivity index (χ0) is 34.2. The smallest absolute Gasteiger partial charge is 0.160 e. The van der Waals surface area contributed by atoms with Gasteiger partial charge in [0.05, 0.1) is 0 Å². The van der Waals surface area contributed by atoms with E-state index < -0.39 is 6.17 Å². The molecule has 3 heterocycles. The third-order valence-corrected chi connectivity index (χ3v) is 10.3. The Balaban J connectivity index is 1.10. The molecule has 2 aromatic heterocycles. The summed E-state index contributed by atoms with van der Waals surface area (Å²) in [5.74, 6) is 1.40. The number of rotatable bonds is 4. The second-order valence-corrected chi connectivity index (χ2v) is 13.4. The van der Waals surface area contributed by atoms with E-state index in [9.17, 15) is 0 Å². The zero-order valence-electron chi connectivity index (χ0n) is 27.9. The van der Waals surface area contributed by atoms with Gasteiger partial charge in [-0.1, -0.05) is 121 Å². The number of nitrogens with one attached hydrogen (secondary N) is 1. The maximum Gasteiger partial charge on any atom is 0.160 e. The molecule has 0 radical (unpaired) electrons.